The molecule has 0 radical (unpaired) electrons. The topological polar surface area (TPSA) is 12.5 Å². The van der Waals surface area contributed by atoms with Gasteiger partial charge in [0.15, 0.2) is 11.6 Å². The van der Waals surface area contributed by atoms with Crippen molar-refractivity contribution in [3.63, 3.8) is 0 Å². The zero-order valence-corrected chi connectivity index (χ0v) is 10.5. The van der Waals surface area contributed by atoms with E-state index >= 15 is 0 Å². The largest absolute Gasteiger partial charge is 0.491 e. The van der Waals surface area contributed by atoms with Crippen LogP contribution in [0.2, 0.25) is 0 Å². The Hall–Kier alpha value is -0.840. The van der Waals surface area contributed by atoms with Gasteiger partial charge in [0.05, 0.1) is 17.3 Å². The first kappa shape index (κ1) is 11.6. The number of rotatable bonds is 2. The Morgan fingerprint density at radius 3 is 2.44 bits per heavy atom. The minimum Gasteiger partial charge on any atom is -0.491 e. The van der Waals surface area contributed by atoms with E-state index < -0.39 is 11.6 Å². The molecule has 1 aliphatic rings. The van der Waals surface area contributed by atoms with Crippen LogP contribution in [0.1, 0.15) is 12.8 Å². The number of benzene rings is 1. The Balaban J connectivity index is 2.50. The summed E-state index contributed by atoms with van der Waals surface area (Å²) in [7, 11) is 1.35. The molecule has 0 aromatic heterocycles. The van der Waals surface area contributed by atoms with Gasteiger partial charge in [0, 0.05) is 13.1 Å². The van der Waals surface area contributed by atoms with E-state index in [1.807, 2.05) is 4.90 Å². The highest BCUT2D eigenvalue weighted by Gasteiger charge is 2.23. The van der Waals surface area contributed by atoms with Gasteiger partial charge in [-0.25, -0.2) is 4.39 Å². The van der Waals surface area contributed by atoms with Crippen molar-refractivity contribution in [2.75, 3.05) is 25.1 Å². The van der Waals surface area contributed by atoms with Gasteiger partial charge >= 0.3 is 0 Å². The molecule has 2 rings (SSSR count). The van der Waals surface area contributed by atoms with E-state index in [0.29, 0.717) is 5.69 Å². The van der Waals surface area contributed by atoms with Crippen LogP contribution in [0.15, 0.2) is 10.5 Å². The van der Waals surface area contributed by atoms with Crippen molar-refractivity contribution in [1.29, 1.82) is 0 Å². The molecule has 0 unspecified atom stereocenters. The van der Waals surface area contributed by atoms with Crippen molar-refractivity contribution in [3.8, 4) is 5.75 Å². The van der Waals surface area contributed by atoms with Crippen LogP contribution >= 0.6 is 15.9 Å². The second kappa shape index (κ2) is 4.57. The summed E-state index contributed by atoms with van der Waals surface area (Å²) in [4.78, 5) is 2.01. The van der Waals surface area contributed by atoms with Gasteiger partial charge in [0.2, 0.25) is 5.82 Å². The van der Waals surface area contributed by atoms with E-state index in [1.54, 1.807) is 6.07 Å². The Morgan fingerprint density at radius 1 is 1.25 bits per heavy atom. The molecule has 5 heteroatoms. The second-order valence-electron chi connectivity index (χ2n) is 3.73. The molecule has 1 aliphatic heterocycles. The van der Waals surface area contributed by atoms with Crippen LogP contribution in [0.5, 0.6) is 5.75 Å². The summed E-state index contributed by atoms with van der Waals surface area (Å²) in [5.41, 5.74) is 0.616. The van der Waals surface area contributed by atoms with Crippen molar-refractivity contribution in [1.82, 2.24) is 0 Å². The van der Waals surface area contributed by atoms with Gasteiger partial charge in [-0.2, -0.15) is 4.39 Å². The normalized spacial score (nSPS) is 15.6. The average Bonchev–Trinajstić information content (AvgIpc) is 2.79. The van der Waals surface area contributed by atoms with Gasteiger partial charge in [0.25, 0.3) is 0 Å². The monoisotopic (exact) mass is 291 g/mol. The summed E-state index contributed by atoms with van der Waals surface area (Å²) in [5, 5.41) is 0. The molecule has 0 bridgehead atoms. The number of methoxy groups -OCH3 is 1. The van der Waals surface area contributed by atoms with Crippen LogP contribution in [0.3, 0.4) is 0 Å². The summed E-state index contributed by atoms with van der Waals surface area (Å²) in [5.74, 6) is -1.85. The number of halogens is 3. The molecule has 1 saturated heterocycles. The van der Waals surface area contributed by atoms with Crippen LogP contribution in [-0.2, 0) is 0 Å². The quantitative estimate of drug-likeness (QED) is 0.775. The fourth-order valence-corrected chi connectivity index (χ4v) is 2.34. The molecule has 0 amide bonds. The van der Waals surface area contributed by atoms with Gasteiger partial charge in [0.1, 0.15) is 0 Å². The lowest BCUT2D eigenvalue weighted by Gasteiger charge is -2.21. The SMILES string of the molecule is COc1c(N2CCCC2)cc(Br)c(F)c1F. The lowest BCUT2D eigenvalue weighted by Crippen LogP contribution is -2.19. The molecular weight excluding hydrogens is 280 g/mol. The van der Waals surface area contributed by atoms with Gasteiger partial charge in [-0.05, 0) is 34.8 Å². The molecule has 2 nitrogen and oxygen atoms in total. The molecule has 88 valence electrons. The predicted molar refractivity (Wildman–Crippen MR) is 62.1 cm³/mol. The van der Waals surface area contributed by atoms with Crippen molar-refractivity contribution in [2.24, 2.45) is 0 Å². The first-order valence-corrected chi connectivity index (χ1v) is 5.91. The fraction of sp³-hybridized carbons (Fsp3) is 0.455. The number of hydrogen-bond donors (Lipinski definition) is 0. The number of anilines is 1. The molecule has 1 fully saturated rings. The zero-order valence-electron chi connectivity index (χ0n) is 8.90. The minimum atomic E-state index is -0.932. The minimum absolute atomic E-state index is 0.0115. The van der Waals surface area contributed by atoms with Crippen molar-refractivity contribution in [2.45, 2.75) is 12.8 Å². The Kier molecular flexibility index (Phi) is 3.33. The van der Waals surface area contributed by atoms with Crippen LogP contribution in [-0.4, -0.2) is 20.2 Å². The van der Waals surface area contributed by atoms with E-state index in [-0.39, 0.29) is 10.2 Å². The lowest BCUT2D eigenvalue weighted by molar-refractivity contribution is 0.371. The summed E-state index contributed by atoms with van der Waals surface area (Å²) < 4.78 is 32.0. The molecule has 0 saturated carbocycles. The van der Waals surface area contributed by atoms with Crippen LogP contribution in [0.4, 0.5) is 14.5 Å². The molecule has 0 atom stereocenters. The Morgan fingerprint density at radius 2 is 1.88 bits per heavy atom. The van der Waals surface area contributed by atoms with Crippen LogP contribution in [0, 0.1) is 11.6 Å². The average molecular weight is 292 g/mol. The molecule has 0 aliphatic carbocycles. The van der Waals surface area contributed by atoms with Crippen molar-refractivity contribution < 1.29 is 13.5 Å². The maximum absolute atomic E-state index is 13.6. The van der Waals surface area contributed by atoms with E-state index in [4.69, 9.17) is 4.74 Å². The van der Waals surface area contributed by atoms with Crippen LogP contribution in [0.25, 0.3) is 0 Å². The van der Waals surface area contributed by atoms with Gasteiger partial charge in [-0.15, -0.1) is 0 Å². The van der Waals surface area contributed by atoms with Crippen LogP contribution < -0.4 is 9.64 Å². The molecule has 1 heterocycles. The van der Waals surface area contributed by atoms with E-state index in [0.717, 1.165) is 25.9 Å². The Bertz CT molecular complexity index is 405. The smallest absolute Gasteiger partial charge is 0.203 e. The Labute approximate surface area is 101 Å². The highest BCUT2D eigenvalue weighted by Crippen LogP contribution is 2.38. The summed E-state index contributed by atoms with van der Waals surface area (Å²) in [6.07, 6.45) is 2.14. The van der Waals surface area contributed by atoms with E-state index in [2.05, 4.69) is 15.9 Å². The standard InChI is InChI=1S/C11H12BrF2NO/c1-16-11-8(15-4-2-3-5-15)6-7(12)9(13)10(11)14/h6H,2-5H2,1H3. The maximum Gasteiger partial charge on any atom is 0.203 e. The predicted octanol–water partition coefficient (Wildman–Crippen LogP) is 3.34. The molecule has 1 aromatic rings. The zero-order chi connectivity index (χ0) is 11.7. The fourth-order valence-electron chi connectivity index (χ4n) is 1.95. The summed E-state index contributed by atoms with van der Waals surface area (Å²) in [6, 6.07) is 1.57. The lowest BCUT2D eigenvalue weighted by atomic mass is 10.2. The highest BCUT2D eigenvalue weighted by atomic mass is 79.9. The van der Waals surface area contributed by atoms with Gasteiger partial charge in [-0.1, -0.05) is 0 Å². The molecule has 1 aromatic carbocycles. The summed E-state index contributed by atoms with van der Waals surface area (Å²) >= 11 is 3.01. The third-order valence-electron chi connectivity index (χ3n) is 2.75. The molecule has 0 spiro atoms. The van der Waals surface area contributed by atoms with E-state index in [1.165, 1.54) is 7.11 Å². The van der Waals surface area contributed by atoms with Gasteiger partial charge in [-0.3, -0.25) is 0 Å². The molecular formula is C11H12BrF2NO. The highest BCUT2D eigenvalue weighted by molar-refractivity contribution is 9.10. The first-order valence-electron chi connectivity index (χ1n) is 5.11. The number of hydrogen-bond acceptors (Lipinski definition) is 2. The first-order chi connectivity index (χ1) is 7.65. The molecule has 16 heavy (non-hydrogen) atoms. The number of nitrogens with zero attached hydrogens (tertiary/aromatic N) is 1. The summed E-state index contributed by atoms with van der Waals surface area (Å²) in [6.45, 7) is 1.71. The van der Waals surface area contributed by atoms with E-state index in [9.17, 15) is 8.78 Å². The molecule has 0 N–H and O–H groups in total. The van der Waals surface area contributed by atoms with Crippen molar-refractivity contribution in [3.05, 3.63) is 22.2 Å². The van der Waals surface area contributed by atoms with Crippen molar-refractivity contribution >= 4 is 21.6 Å². The number of ether oxygens (including phenoxy) is 1. The second-order valence-corrected chi connectivity index (χ2v) is 4.59. The third-order valence-corrected chi connectivity index (χ3v) is 3.33. The third kappa shape index (κ3) is 1.88. The van der Waals surface area contributed by atoms with Gasteiger partial charge < -0.3 is 9.64 Å². The maximum atomic E-state index is 13.6.